The third-order valence-corrected chi connectivity index (χ3v) is 13.3. The number of nitrogens with zero attached hydrogens (tertiary/aromatic N) is 2. The molecule has 0 bridgehead atoms. The summed E-state index contributed by atoms with van der Waals surface area (Å²) in [5.41, 5.74) is 17.3. The van der Waals surface area contributed by atoms with Gasteiger partial charge in [-0.3, -0.25) is 0 Å². The zero-order chi connectivity index (χ0) is 35.8. The van der Waals surface area contributed by atoms with Crippen molar-refractivity contribution in [1.82, 2.24) is 4.40 Å². The summed E-state index contributed by atoms with van der Waals surface area (Å²) in [5, 5.41) is 5.23. The van der Waals surface area contributed by atoms with Gasteiger partial charge in [0.1, 0.15) is 0 Å². The van der Waals surface area contributed by atoms with Crippen molar-refractivity contribution < 1.29 is 0 Å². The average molecular weight is 693 g/mol. The zero-order valence-electron chi connectivity index (χ0n) is 30.7. The fourth-order valence-corrected chi connectivity index (χ4v) is 10.5. The molecule has 0 radical (unpaired) electrons. The second kappa shape index (κ2) is 10.7. The summed E-state index contributed by atoms with van der Waals surface area (Å²) in [6.07, 6.45) is 17.6. The van der Waals surface area contributed by atoms with Crippen molar-refractivity contribution in [3.05, 3.63) is 192 Å². The van der Waals surface area contributed by atoms with Crippen molar-refractivity contribution in [2.75, 3.05) is 4.90 Å². The van der Waals surface area contributed by atoms with Gasteiger partial charge in [0, 0.05) is 43.8 Å². The minimum atomic E-state index is -0.00537. The monoisotopic (exact) mass is 692 g/mol. The lowest BCUT2D eigenvalue weighted by atomic mass is 9.80. The van der Waals surface area contributed by atoms with Crippen molar-refractivity contribution in [2.45, 2.75) is 43.9 Å². The van der Waals surface area contributed by atoms with Crippen LogP contribution < -0.4 is 4.90 Å². The topological polar surface area (TPSA) is 7.65 Å². The Morgan fingerprint density at radius 1 is 0.685 bits per heavy atom. The molecule has 12 rings (SSSR count). The summed E-state index contributed by atoms with van der Waals surface area (Å²) in [6, 6.07) is 48.2. The molecule has 8 aromatic rings. The maximum Gasteiger partial charge on any atom is 0.0782 e. The van der Waals surface area contributed by atoms with Gasteiger partial charge >= 0.3 is 0 Å². The quantitative estimate of drug-likeness (QED) is 0.174. The lowest BCUT2D eigenvalue weighted by molar-refractivity contribution is 0.657. The molecule has 6 aromatic carbocycles. The van der Waals surface area contributed by atoms with Crippen LogP contribution in [0.2, 0.25) is 0 Å². The Balaban J connectivity index is 1.02. The van der Waals surface area contributed by atoms with Gasteiger partial charge in [0.2, 0.25) is 0 Å². The highest BCUT2D eigenvalue weighted by atomic mass is 15.2. The highest BCUT2D eigenvalue weighted by Gasteiger charge is 2.54. The molecule has 0 aliphatic heterocycles. The molecule has 54 heavy (non-hydrogen) atoms. The van der Waals surface area contributed by atoms with Gasteiger partial charge < -0.3 is 9.30 Å². The fraction of sp³-hybridized carbons (Fsp3) is 0.154. The van der Waals surface area contributed by atoms with E-state index in [4.69, 9.17) is 0 Å². The molecule has 0 spiro atoms. The number of hydrogen-bond acceptors (Lipinski definition) is 1. The van der Waals surface area contributed by atoms with Gasteiger partial charge in [0.05, 0.1) is 22.2 Å². The Kier molecular flexibility index (Phi) is 6.03. The average Bonchev–Trinajstić information content (AvgIpc) is 3.64. The lowest BCUT2D eigenvalue weighted by Gasteiger charge is -2.30. The van der Waals surface area contributed by atoms with Crippen molar-refractivity contribution in [2.24, 2.45) is 5.92 Å². The predicted molar refractivity (Wildman–Crippen MR) is 227 cm³/mol. The molecule has 2 nitrogen and oxygen atoms in total. The van der Waals surface area contributed by atoms with Gasteiger partial charge in [0.15, 0.2) is 0 Å². The van der Waals surface area contributed by atoms with Gasteiger partial charge in [-0.05, 0) is 94.5 Å². The third kappa shape index (κ3) is 4.01. The van der Waals surface area contributed by atoms with E-state index < -0.39 is 0 Å². The van der Waals surface area contributed by atoms with E-state index in [1.54, 1.807) is 0 Å². The molecule has 2 heteroatoms. The molecule has 0 amide bonds. The molecule has 2 aromatic heterocycles. The number of aromatic nitrogens is 1. The first-order valence-electron chi connectivity index (χ1n) is 19.6. The Morgan fingerprint density at radius 2 is 1.43 bits per heavy atom. The summed E-state index contributed by atoms with van der Waals surface area (Å²) >= 11 is 0. The minimum Gasteiger partial charge on any atom is -0.309 e. The van der Waals surface area contributed by atoms with Crippen molar-refractivity contribution in [1.29, 1.82) is 0 Å². The second-order valence-electron chi connectivity index (χ2n) is 16.5. The molecule has 1 fully saturated rings. The smallest absolute Gasteiger partial charge is 0.0782 e. The van der Waals surface area contributed by atoms with Crippen LogP contribution in [0.4, 0.5) is 11.4 Å². The van der Waals surface area contributed by atoms with Crippen LogP contribution in [0, 0.1) is 5.92 Å². The van der Waals surface area contributed by atoms with Crippen molar-refractivity contribution in [3.63, 3.8) is 0 Å². The first kappa shape index (κ1) is 30.4. The molecule has 258 valence electrons. The van der Waals surface area contributed by atoms with Crippen LogP contribution in [0.3, 0.4) is 0 Å². The van der Waals surface area contributed by atoms with E-state index in [2.05, 4.69) is 187 Å². The first-order valence-corrected chi connectivity index (χ1v) is 19.6. The van der Waals surface area contributed by atoms with Gasteiger partial charge in [-0.1, -0.05) is 147 Å². The number of allylic oxidation sites excluding steroid dienone is 7. The van der Waals surface area contributed by atoms with E-state index in [0.717, 1.165) is 19.3 Å². The van der Waals surface area contributed by atoms with Crippen LogP contribution >= 0.6 is 0 Å². The van der Waals surface area contributed by atoms with Gasteiger partial charge in [0.25, 0.3) is 0 Å². The number of rotatable bonds is 5. The zero-order valence-corrected chi connectivity index (χ0v) is 30.7. The Bertz CT molecular complexity index is 3000. The minimum absolute atomic E-state index is 0.00537. The highest BCUT2D eigenvalue weighted by molar-refractivity contribution is 6.25. The van der Waals surface area contributed by atoms with E-state index in [-0.39, 0.29) is 10.8 Å². The van der Waals surface area contributed by atoms with E-state index in [9.17, 15) is 0 Å². The van der Waals surface area contributed by atoms with Crippen molar-refractivity contribution in [3.8, 4) is 11.1 Å². The first-order chi connectivity index (χ1) is 26.5. The van der Waals surface area contributed by atoms with E-state index in [1.165, 1.54) is 94.1 Å². The number of hydrogen-bond donors (Lipinski definition) is 0. The molecule has 0 N–H and O–H groups in total. The van der Waals surface area contributed by atoms with Gasteiger partial charge in [-0.2, -0.15) is 0 Å². The van der Waals surface area contributed by atoms with E-state index in [1.807, 2.05) is 0 Å². The van der Waals surface area contributed by atoms with Crippen LogP contribution in [0.1, 0.15) is 55.4 Å². The Labute approximate surface area is 316 Å². The normalized spacial score (nSPS) is 20.7. The molecule has 2 atom stereocenters. The molecule has 2 heterocycles. The summed E-state index contributed by atoms with van der Waals surface area (Å²) in [6.45, 7) is 4.78. The number of fused-ring (bicyclic) bond motifs is 10. The van der Waals surface area contributed by atoms with Crippen LogP contribution in [-0.4, -0.2) is 4.40 Å². The summed E-state index contributed by atoms with van der Waals surface area (Å²) in [7, 11) is 0. The van der Waals surface area contributed by atoms with Crippen LogP contribution in [0.5, 0.6) is 0 Å². The largest absolute Gasteiger partial charge is 0.309 e. The summed E-state index contributed by atoms with van der Waals surface area (Å²) in [4.78, 5) is 2.53. The fourth-order valence-electron chi connectivity index (χ4n) is 10.5. The van der Waals surface area contributed by atoms with E-state index in [0.29, 0.717) is 5.92 Å². The van der Waals surface area contributed by atoms with Crippen molar-refractivity contribution >= 4 is 55.0 Å². The summed E-state index contributed by atoms with van der Waals surface area (Å²) < 4.78 is 2.53. The van der Waals surface area contributed by atoms with Crippen LogP contribution in [-0.2, 0) is 10.8 Å². The molecular weight excluding hydrogens is 653 g/mol. The number of anilines is 2. The second-order valence-corrected chi connectivity index (χ2v) is 16.5. The van der Waals surface area contributed by atoms with Crippen LogP contribution in [0.25, 0.3) is 54.8 Å². The molecule has 4 aliphatic carbocycles. The number of para-hydroxylation sites is 3. The number of benzene rings is 6. The highest BCUT2D eigenvalue weighted by Crippen LogP contribution is 2.61. The Hall–Kier alpha value is -6.12. The molecule has 4 aliphatic rings. The molecular formula is C52H40N2. The lowest BCUT2D eigenvalue weighted by Crippen LogP contribution is -2.20. The molecule has 2 unspecified atom stereocenters. The summed E-state index contributed by atoms with van der Waals surface area (Å²) in [5.74, 6) is 0.441. The predicted octanol–water partition coefficient (Wildman–Crippen LogP) is 13.4. The van der Waals surface area contributed by atoms with E-state index >= 15 is 0 Å². The molecule has 0 saturated heterocycles. The maximum absolute atomic E-state index is 2.57. The van der Waals surface area contributed by atoms with Crippen LogP contribution in [0.15, 0.2) is 170 Å². The SMILES string of the molecule is CC1(C)c2ccccc2-c2ccc(C34C=CC(N(c5ccc(C6=CC=CCC6)cc5)c5cccc6c7cccc8c9ccccc9n(c56)c87)=CC3C4)cc21. The van der Waals surface area contributed by atoms with Gasteiger partial charge in [-0.25, -0.2) is 0 Å². The molecule has 1 saturated carbocycles. The Morgan fingerprint density at radius 3 is 2.26 bits per heavy atom. The third-order valence-electron chi connectivity index (χ3n) is 13.3. The van der Waals surface area contributed by atoms with Gasteiger partial charge in [-0.15, -0.1) is 0 Å². The standard InChI is InChI=1S/C52H40N2/c1-51(2)45-19-8-6-14-39(45)40-27-24-35(31-46(40)51)52-29-28-38(30-36(52)32-52)53(37-25-22-34(23-26-37)33-12-4-3-5-13-33)48-21-11-18-44-43-17-10-16-42-41-15-7-9-20-47(41)54(49(42)43)50(44)48/h3-4,6-12,14-31,36H,5,13,32H2,1-2H3. The maximum atomic E-state index is 2.57.